The molecule has 0 spiro atoms. The highest BCUT2D eigenvalue weighted by atomic mass is 14.9. The van der Waals surface area contributed by atoms with Crippen LogP contribution in [0.4, 0.5) is 0 Å². The fraction of sp³-hybridized carbons (Fsp3) is 0.667. The van der Waals surface area contributed by atoms with Gasteiger partial charge in [-0.2, -0.15) is 0 Å². The molecule has 2 N–H and O–H groups in total. The van der Waals surface area contributed by atoms with Crippen molar-refractivity contribution in [3.63, 3.8) is 0 Å². The van der Waals surface area contributed by atoms with Gasteiger partial charge in [-0.05, 0) is 14.0 Å². The summed E-state index contributed by atoms with van der Waals surface area (Å²) in [4.78, 5) is 0. The highest BCUT2D eigenvalue weighted by Crippen LogP contribution is 1.89. The molecule has 0 aromatic rings. The van der Waals surface area contributed by atoms with Crippen molar-refractivity contribution in [3.05, 3.63) is 12.3 Å². The van der Waals surface area contributed by atoms with Crippen molar-refractivity contribution in [2.75, 3.05) is 14.1 Å². The van der Waals surface area contributed by atoms with Gasteiger partial charge in [0.05, 0.1) is 0 Å². The van der Waals surface area contributed by atoms with E-state index in [0.717, 1.165) is 5.70 Å². The van der Waals surface area contributed by atoms with Gasteiger partial charge < -0.3 is 10.6 Å². The molecule has 0 rings (SSSR count). The van der Waals surface area contributed by atoms with Gasteiger partial charge in [-0.1, -0.05) is 6.58 Å². The summed E-state index contributed by atoms with van der Waals surface area (Å²) in [6.07, 6.45) is 0. The van der Waals surface area contributed by atoms with Crippen LogP contribution in [-0.2, 0) is 0 Å². The second-order valence-corrected chi connectivity index (χ2v) is 1.79. The molecule has 48 valence electrons. The Hall–Kier alpha value is -0.500. The van der Waals surface area contributed by atoms with E-state index in [2.05, 4.69) is 24.1 Å². The maximum atomic E-state index is 3.77. The first-order valence-corrected chi connectivity index (χ1v) is 2.76. The molecule has 0 aromatic carbocycles. The highest BCUT2D eigenvalue weighted by molar-refractivity contribution is 4.98. The largest absolute Gasteiger partial charge is 0.391 e. The smallest absolute Gasteiger partial charge is 0.0432 e. The van der Waals surface area contributed by atoms with Gasteiger partial charge in [0.15, 0.2) is 0 Å². The normalized spacial score (nSPS) is 12.9. The zero-order valence-electron chi connectivity index (χ0n) is 5.78. The number of rotatable bonds is 3. The Balaban J connectivity index is 3.46. The Morgan fingerprint density at radius 1 is 1.50 bits per heavy atom. The Kier molecular flexibility index (Phi) is 3.28. The number of hydrogen-bond acceptors (Lipinski definition) is 2. The highest BCUT2D eigenvalue weighted by Gasteiger charge is 1.97. The van der Waals surface area contributed by atoms with Crippen LogP contribution in [0.15, 0.2) is 12.3 Å². The SMILES string of the molecule is C=C(NC)[C@H](C)NC. The van der Waals surface area contributed by atoms with Crippen molar-refractivity contribution < 1.29 is 0 Å². The second-order valence-electron chi connectivity index (χ2n) is 1.79. The van der Waals surface area contributed by atoms with E-state index in [1.807, 2.05) is 14.1 Å². The predicted octanol–water partition coefficient (Wildman–Crippen LogP) is 0.327. The van der Waals surface area contributed by atoms with E-state index < -0.39 is 0 Å². The summed E-state index contributed by atoms with van der Waals surface area (Å²) in [5.74, 6) is 0. The predicted molar refractivity (Wildman–Crippen MR) is 36.7 cm³/mol. The zero-order chi connectivity index (χ0) is 6.57. The lowest BCUT2D eigenvalue weighted by atomic mass is 10.3. The average molecular weight is 114 g/mol. The lowest BCUT2D eigenvalue weighted by Crippen LogP contribution is -2.28. The van der Waals surface area contributed by atoms with E-state index in [1.54, 1.807) is 0 Å². The summed E-state index contributed by atoms with van der Waals surface area (Å²) >= 11 is 0. The topological polar surface area (TPSA) is 24.1 Å². The van der Waals surface area contributed by atoms with Crippen LogP contribution < -0.4 is 10.6 Å². The molecule has 0 amide bonds. The minimum Gasteiger partial charge on any atom is -0.391 e. The van der Waals surface area contributed by atoms with Crippen molar-refractivity contribution >= 4 is 0 Å². The number of nitrogens with one attached hydrogen (secondary N) is 2. The fourth-order valence-corrected chi connectivity index (χ4v) is 0.391. The lowest BCUT2D eigenvalue weighted by Gasteiger charge is -2.11. The van der Waals surface area contributed by atoms with Crippen LogP contribution in [0.25, 0.3) is 0 Å². The molecule has 0 aliphatic heterocycles. The Morgan fingerprint density at radius 3 is 2.12 bits per heavy atom. The maximum Gasteiger partial charge on any atom is 0.0432 e. The molecule has 0 saturated heterocycles. The average Bonchev–Trinajstić information content (AvgIpc) is 1.84. The summed E-state index contributed by atoms with van der Waals surface area (Å²) in [5, 5.41) is 6.01. The van der Waals surface area contributed by atoms with Crippen LogP contribution in [0.1, 0.15) is 6.92 Å². The molecule has 0 aliphatic carbocycles. The second kappa shape index (κ2) is 3.50. The molecule has 0 radical (unpaired) electrons. The molecule has 0 fully saturated rings. The standard InChI is InChI=1S/C6H14N2/c1-5(7-3)6(2)8-4/h6-8H,1H2,2-4H3/t6-/m0/s1. The third-order valence-electron chi connectivity index (χ3n) is 1.28. The van der Waals surface area contributed by atoms with Crippen molar-refractivity contribution in [1.82, 2.24) is 10.6 Å². The van der Waals surface area contributed by atoms with Crippen LogP contribution in [-0.4, -0.2) is 20.1 Å². The van der Waals surface area contributed by atoms with Gasteiger partial charge in [0, 0.05) is 18.8 Å². The molecule has 2 heteroatoms. The summed E-state index contributed by atoms with van der Waals surface area (Å²) in [6, 6.07) is 0.361. The summed E-state index contributed by atoms with van der Waals surface area (Å²) in [5.41, 5.74) is 1.02. The first-order chi connectivity index (χ1) is 3.72. The van der Waals surface area contributed by atoms with E-state index in [4.69, 9.17) is 0 Å². The van der Waals surface area contributed by atoms with Gasteiger partial charge in [-0.15, -0.1) is 0 Å². The first kappa shape index (κ1) is 7.50. The van der Waals surface area contributed by atoms with E-state index in [1.165, 1.54) is 0 Å². The minimum atomic E-state index is 0.361. The van der Waals surface area contributed by atoms with Gasteiger partial charge in [-0.25, -0.2) is 0 Å². The van der Waals surface area contributed by atoms with E-state index >= 15 is 0 Å². The van der Waals surface area contributed by atoms with Crippen molar-refractivity contribution in [2.24, 2.45) is 0 Å². The molecule has 0 bridgehead atoms. The zero-order valence-corrected chi connectivity index (χ0v) is 5.78. The Bertz CT molecular complexity index is 78.6. The molecule has 0 unspecified atom stereocenters. The van der Waals surface area contributed by atoms with Crippen molar-refractivity contribution in [1.29, 1.82) is 0 Å². The molecule has 0 saturated carbocycles. The van der Waals surface area contributed by atoms with Gasteiger partial charge in [-0.3, -0.25) is 0 Å². The summed E-state index contributed by atoms with van der Waals surface area (Å²) < 4.78 is 0. The van der Waals surface area contributed by atoms with E-state index in [-0.39, 0.29) is 0 Å². The van der Waals surface area contributed by atoms with Crippen molar-refractivity contribution in [2.45, 2.75) is 13.0 Å². The van der Waals surface area contributed by atoms with Crippen LogP contribution in [0.3, 0.4) is 0 Å². The van der Waals surface area contributed by atoms with E-state index in [0.29, 0.717) is 6.04 Å². The number of likely N-dealkylation sites (N-methyl/N-ethyl adjacent to an activating group) is 2. The van der Waals surface area contributed by atoms with Crippen LogP contribution >= 0.6 is 0 Å². The molecule has 2 nitrogen and oxygen atoms in total. The Morgan fingerprint density at radius 2 is 2.00 bits per heavy atom. The number of hydrogen-bond donors (Lipinski definition) is 2. The fourth-order valence-electron chi connectivity index (χ4n) is 0.391. The molecule has 0 aromatic heterocycles. The molecule has 0 aliphatic rings. The van der Waals surface area contributed by atoms with E-state index in [9.17, 15) is 0 Å². The monoisotopic (exact) mass is 114 g/mol. The third-order valence-corrected chi connectivity index (χ3v) is 1.28. The third kappa shape index (κ3) is 1.98. The van der Waals surface area contributed by atoms with Gasteiger partial charge in [0.1, 0.15) is 0 Å². The van der Waals surface area contributed by atoms with Gasteiger partial charge in [0.2, 0.25) is 0 Å². The van der Waals surface area contributed by atoms with Crippen LogP contribution in [0, 0.1) is 0 Å². The van der Waals surface area contributed by atoms with Crippen molar-refractivity contribution in [3.8, 4) is 0 Å². The quantitative estimate of drug-likeness (QED) is 0.552. The minimum absolute atomic E-state index is 0.361. The summed E-state index contributed by atoms with van der Waals surface area (Å²) in [7, 11) is 3.78. The molecule has 1 atom stereocenters. The Labute approximate surface area is 51.0 Å². The lowest BCUT2D eigenvalue weighted by molar-refractivity contribution is 0.654. The van der Waals surface area contributed by atoms with Gasteiger partial charge in [0.25, 0.3) is 0 Å². The molecule has 0 heterocycles. The van der Waals surface area contributed by atoms with Crippen LogP contribution in [0.2, 0.25) is 0 Å². The van der Waals surface area contributed by atoms with Gasteiger partial charge >= 0.3 is 0 Å². The molecular weight excluding hydrogens is 100 g/mol. The molecular formula is C6H14N2. The summed E-state index contributed by atoms with van der Waals surface area (Å²) in [6.45, 7) is 5.82. The maximum absolute atomic E-state index is 3.77. The first-order valence-electron chi connectivity index (χ1n) is 2.76. The van der Waals surface area contributed by atoms with Crippen LogP contribution in [0.5, 0.6) is 0 Å². The molecule has 8 heavy (non-hydrogen) atoms.